The van der Waals surface area contributed by atoms with Crippen LogP contribution < -0.4 is 5.32 Å². The van der Waals surface area contributed by atoms with E-state index in [9.17, 15) is 0 Å². The van der Waals surface area contributed by atoms with Crippen LogP contribution in [0.1, 0.15) is 30.5 Å². The summed E-state index contributed by atoms with van der Waals surface area (Å²) in [7, 11) is 0. The molecule has 222 valence electrons. The summed E-state index contributed by atoms with van der Waals surface area (Å²) in [4.78, 5) is 0. The van der Waals surface area contributed by atoms with Crippen LogP contribution in [-0.4, -0.2) is 10.3 Å². The summed E-state index contributed by atoms with van der Waals surface area (Å²) in [5, 5.41) is 14.8. The quantitative estimate of drug-likeness (QED) is 0.177. The molecule has 3 heteroatoms. The Balaban J connectivity index is 1.04. The summed E-state index contributed by atoms with van der Waals surface area (Å²) in [6.45, 7) is 5.27. The van der Waals surface area contributed by atoms with Crippen LogP contribution in [0.5, 0.6) is 0 Å². The summed E-state index contributed by atoms with van der Waals surface area (Å²) >= 11 is 0. The van der Waals surface area contributed by atoms with E-state index < -0.39 is 0 Å². The molecule has 1 aliphatic carbocycles. The molecule has 0 saturated heterocycles. The molecule has 0 aliphatic heterocycles. The number of fused-ring (bicyclic) bond motifs is 6. The van der Waals surface area contributed by atoms with Crippen LogP contribution in [0, 0.1) is 5.41 Å². The molecule has 6 aromatic carbocycles. The minimum Gasteiger partial charge on any atom is -0.373 e. The van der Waals surface area contributed by atoms with Crippen molar-refractivity contribution in [1.29, 1.82) is 5.41 Å². The first-order valence-electron chi connectivity index (χ1n) is 15.9. The zero-order valence-electron chi connectivity index (χ0n) is 26.1. The highest BCUT2D eigenvalue weighted by Crippen LogP contribution is 2.50. The molecule has 0 radical (unpaired) electrons. The smallest absolute Gasteiger partial charge is 0.0921 e. The summed E-state index contributed by atoms with van der Waals surface area (Å²) in [6.07, 6.45) is 3.75. The van der Waals surface area contributed by atoms with Gasteiger partial charge in [0.05, 0.1) is 23.4 Å². The number of para-hydroxylation sites is 1. The molecule has 0 atom stereocenters. The number of rotatable bonds is 7. The van der Waals surface area contributed by atoms with Gasteiger partial charge in [0.1, 0.15) is 0 Å². The third-order valence-electron chi connectivity index (χ3n) is 9.59. The molecule has 46 heavy (non-hydrogen) atoms. The third-order valence-corrected chi connectivity index (χ3v) is 9.59. The van der Waals surface area contributed by atoms with Gasteiger partial charge < -0.3 is 15.3 Å². The predicted molar refractivity (Wildman–Crippen MR) is 193 cm³/mol. The lowest BCUT2D eigenvalue weighted by atomic mass is 9.82. The van der Waals surface area contributed by atoms with Crippen LogP contribution >= 0.6 is 0 Å². The van der Waals surface area contributed by atoms with Crippen molar-refractivity contribution >= 4 is 27.5 Å². The Morgan fingerprint density at radius 1 is 0.609 bits per heavy atom. The standard InChI is InChI=1S/C43H35N3/c1-43(2)38-17-8-6-15-34(38)36-26-37-35-16-7-9-18-41(35)46(42(37)27-39(36)43)28-45-24-23-40(44)33-14-10-13-32(25-33)31-21-19-30(20-22-31)29-11-4-3-5-12-29/h3-27,44-45H,28H2,1-2H3/b24-23-,44-40?. The Labute approximate surface area is 270 Å². The molecule has 0 amide bonds. The van der Waals surface area contributed by atoms with E-state index in [2.05, 4.69) is 145 Å². The van der Waals surface area contributed by atoms with Crippen molar-refractivity contribution in [1.82, 2.24) is 9.88 Å². The number of aromatic nitrogens is 1. The fraction of sp³-hybridized carbons (Fsp3) is 0.0930. The summed E-state index contributed by atoms with van der Waals surface area (Å²) in [5.41, 5.74) is 13.8. The van der Waals surface area contributed by atoms with E-state index in [-0.39, 0.29) is 5.41 Å². The molecule has 0 saturated carbocycles. The van der Waals surface area contributed by atoms with Gasteiger partial charge in [-0.1, -0.05) is 129 Å². The van der Waals surface area contributed by atoms with Gasteiger partial charge in [0, 0.05) is 21.8 Å². The third kappa shape index (κ3) is 4.64. The first-order valence-corrected chi connectivity index (χ1v) is 15.9. The van der Waals surface area contributed by atoms with Crippen molar-refractivity contribution in [3.63, 3.8) is 0 Å². The largest absolute Gasteiger partial charge is 0.373 e. The zero-order valence-corrected chi connectivity index (χ0v) is 26.1. The number of benzene rings is 6. The molecular formula is C43H35N3. The fourth-order valence-corrected chi connectivity index (χ4v) is 7.15. The number of nitrogens with one attached hydrogen (secondary N) is 2. The second-order valence-corrected chi connectivity index (χ2v) is 12.7. The summed E-state index contributed by atoms with van der Waals surface area (Å²) in [5.74, 6) is 0. The fourth-order valence-electron chi connectivity index (χ4n) is 7.15. The van der Waals surface area contributed by atoms with Crippen molar-refractivity contribution < 1.29 is 0 Å². The highest BCUT2D eigenvalue weighted by atomic mass is 15.1. The van der Waals surface area contributed by atoms with Gasteiger partial charge in [-0.25, -0.2) is 0 Å². The number of nitrogens with zero attached hydrogens (tertiary/aromatic N) is 1. The molecule has 8 rings (SSSR count). The van der Waals surface area contributed by atoms with Gasteiger partial charge in [0.15, 0.2) is 0 Å². The molecule has 1 aromatic heterocycles. The van der Waals surface area contributed by atoms with Gasteiger partial charge in [-0.05, 0) is 81.0 Å². The number of hydrogen-bond acceptors (Lipinski definition) is 2. The minimum atomic E-state index is -0.0533. The molecule has 0 spiro atoms. The maximum Gasteiger partial charge on any atom is 0.0921 e. The topological polar surface area (TPSA) is 40.8 Å². The van der Waals surface area contributed by atoms with Gasteiger partial charge in [-0.3, -0.25) is 0 Å². The van der Waals surface area contributed by atoms with Crippen LogP contribution in [0.2, 0.25) is 0 Å². The molecular weight excluding hydrogens is 558 g/mol. The number of allylic oxidation sites excluding steroid dienone is 1. The van der Waals surface area contributed by atoms with Crippen LogP contribution in [0.4, 0.5) is 0 Å². The Hall–Kier alpha value is -5.67. The Morgan fingerprint density at radius 2 is 1.28 bits per heavy atom. The zero-order chi connectivity index (χ0) is 31.3. The SMILES string of the molecule is CC1(C)c2ccccc2-c2cc3c4ccccc4n(CN/C=C\C(=N)c4cccc(-c5ccc(-c6ccccc6)cc5)c4)c3cc21. The highest BCUT2D eigenvalue weighted by molar-refractivity contribution is 6.10. The molecule has 0 fully saturated rings. The molecule has 7 aromatic rings. The van der Waals surface area contributed by atoms with E-state index in [1.807, 2.05) is 30.5 Å². The average Bonchev–Trinajstić information content (AvgIpc) is 3.54. The Bertz CT molecular complexity index is 2290. The molecule has 0 unspecified atom stereocenters. The molecule has 3 nitrogen and oxygen atoms in total. The van der Waals surface area contributed by atoms with E-state index in [1.54, 1.807) is 0 Å². The summed E-state index contributed by atoms with van der Waals surface area (Å²) in [6, 6.07) is 49.6. The second-order valence-electron chi connectivity index (χ2n) is 12.7. The maximum absolute atomic E-state index is 8.81. The maximum atomic E-state index is 8.81. The first kappa shape index (κ1) is 27.8. The van der Waals surface area contributed by atoms with E-state index in [1.165, 1.54) is 55.2 Å². The summed E-state index contributed by atoms with van der Waals surface area (Å²) < 4.78 is 2.36. The lowest BCUT2D eigenvalue weighted by Crippen LogP contribution is -2.16. The van der Waals surface area contributed by atoms with E-state index in [4.69, 9.17) is 5.41 Å². The predicted octanol–water partition coefficient (Wildman–Crippen LogP) is 10.6. The van der Waals surface area contributed by atoms with Crippen molar-refractivity contribution in [2.45, 2.75) is 25.9 Å². The van der Waals surface area contributed by atoms with Crippen LogP contribution in [0.3, 0.4) is 0 Å². The average molecular weight is 594 g/mol. The van der Waals surface area contributed by atoms with Crippen LogP contribution in [0.15, 0.2) is 152 Å². The van der Waals surface area contributed by atoms with Crippen molar-refractivity contribution in [3.8, 4) is 33.4 Å². The molecule has 0 bridgehead atoms. The van der Waals surface area contributed by atoms with E-state index >= 15 is 0 Å². The van der Waals surface area contributed by atoms with Gasteiger partial charge in [-0.2, -0.15) is 0 Å². The molecule has 1 aliphatic rings. The van der Waals surface area contributed by atoms with E-state index in [0.717, 1.165) is 16.7 Å². The van der Waals surface area contributed by atoms with E-state index in [0.29, 0.717) is 12.4 Å². The molecule has 2 N–H and O–H groups in total. The van der Waals surface area contributed by atoms with Crippen molar-refractivity contribution in [2.24, 2.45) is 0 Å². The Morgan fingerprint density at radius 3 is 2.11 bits per heavy atom. The lowest BCUT2D eigenvalue weighted by molar-refractivity contribution is 0.657. The highest BCUT2D eigenvalue weighted by Gasteiger charge is 2.36. The normalized spacial score (nSPS) is 13.3. The van der Waals surface area contributed by atoms with Crippen LogP contribution in [0.25, 0.3) is 55.2 Å². The Kier molecular flexibility index (Phi) is 6.69. The van der Waals surface area contributed by atoms with Gasteiger partial charge in [-0.15, -0.1) is 0 Å². The lowest BCUT2D eigenvalue weighted by Gasteiger charge is -2.21. The van der Waals surface area contributed by atoms with Gasteiger partial charge in [0.2, 0.25) is 0 Å². The monoisotopic (exact) mass is 593 g/mol. The minimum absolute atomic E-state index is 0.0533. The second kappa shape index (κ2) is 11.0. The van der Waals surface area contributed by atoms with Crippen molar-refractivity contribution in [2.75, 3.05) is 0 Å². The van der Waals surface area contributed by atoms with Crippen LogP contribution in [-0.2, 0) is 12.1 Å². The van der Waals surface area contributed by atoms with Crippen molar-refractivity contribution in [3.05, 3.63) is 168 Å². The molecule has 1 heterocycles. The van der Waals surface area contributed by atoms with Gasteiger partial charge in [0.25, 0.3) is 0 Å². The van der Waals surface area contributed by atoms with Gasteiger partial charge >= 0.3 is 0 Å². The number of hydrogen-bond donors (Lipinski definition) is 2. The first-order chi connectivity index (χ1) is 22.5.